The predicted octanol–water partition coefficient (Wildman–Crippen LogP) is -0.416. The lowest BCUT2D eigenvalue weighted by Gasteiger charge is -2.32. The molecule has 3 amide bonds. The summed E-state index contributed by atoms with van der Waals surface area (Å²) in [6.45, 7) is 20.2. The largest absolute Gasteiger partial charge is 0.481 e. The third-order valence-corrected chi connectivity index (χ3v) is 9.31. The molecule has 1 aromatic rings. The number of aromatic nitrogens is 1. The van der Waals surface area contributed by atoms with E-state index in [1.165, 1.54) is 6.20 Å². The maximum Gasteiger partial charge on any atom is 0.317 e. The Morgan fingerprint density at radius 3 is 1.65 bits per heavy atom. The second-order valence-corrected chi connectivity index (χ2v) is 16.2. The number of pyridine rings is 1. The standard InChI is InChI=1S/C20H33N7O4.C16H30N4O6.C5H11NO2.C2H4O2.C2H6/c1-14(21)26-27-19(22)16-8-7-15(13-24-16)25-18(30)6-4-5-17(29)23-10-12-31-20(2,3)9-11-28;1-2-17-3-5-18(11-14(21)22)7-9-20(13-16(25)26)10-8-19(6-4-17)12-15(23)24;1-5(8)2-3-6-4-7;1-2(3)4;1-2/h7-8,13,28H,4-6,9-12H2,1-3H3,(H2,21,26)(H2,22,27)(H,23,29)(H,25,30);2-13H2,1H3,(H,21,22)(H,23,24)(H,25,26);4-5,8H,2-3H2,1H3,(H,6,7);1H3,(H,3,4);1-2H3. The van der Waals surface area contributed by atoms with E-state index in [1.807, 2.05) is 44.4 Å². The summed E-state index contributed by atoms with van der Waals surface area (Å²) in [7, 11) is 0. The molecule has 0 aromatic carbocycles. The van der Waals surface area contributed by atoms with Crippen molar-refractivity contribution in [2.75, 3.05) is 110 Å². The van der Waals surface area contributed by atoms with Crippen molar-refractivity contribution in [2.45, 2.75) is 99.2 Å². The first kappa shape index (κ1) is 69.4. The van der Waals surface area contributed by atoms with Crippen LogP contribution in [0.5, 0.6) is 0 Å². The number of nitrogens with zero attached hydrogens (tertiary/aromatic N) is 7. The number of anilines is 1. The fraction of sp³-hybridized carbons (Fsp3) is 0.689. The second kappa shape index (κ2) is 42.9. The first-order chi connectivity index (χ1) is 33.4. The lowest BCUT2D eigenvalue weighted by molar-refractivity contribution is -0.140. The highest BCUT2D eigenvalue weighted by Crippen LogP contribution is 2.13. The Balaban J connectivity index is -0.00000104. The van der Waals surface area contributed by atoms with Crippen molar-refractivity contribution in [1.29, 1.82) is 0 Å². The summed E-state index contributed by atoms with van der Waals surface area (Å²) in [6.07, 6.45) is 3.76. The zero-order valence-electron chi connectivity index (χ0n) is 43.0. The fourth-order valence-corrected chi connectivity index (χ4v) is 5.68. The van der Waals surface area contributed by atoms with Gasteiger partial charge in [-0.05, 0) is 65.6 Å². The molecule has 1 atom stereocenters. The minimum absolute atomic E-state index is 0.0491. The Hall–Kier alpha value is -5.90. The van der Waals surface area contributed by atoms with Gasteiger partial charge in [0, 0.05) is 91.8 Å². The molecule has 71 heavy (non-hydrogen) atoms. The van der Waals surface area contributed by atoms with Crippen LogP contribution in [0.4, 0.5) is 5.69 Å². The van der Waals surface area contributed by atoms with E-state index in [2.05, 4.69) is 36.0 Å². The maximum absolute atomic E-state index is 12.0. The molecule has 1 unspecified atom stereocenters. The van der Waals surface area contributed by atoms with Crippen LogP contribution in [-0.4, -0.2) is 226 Å². The van der Waals surface area contributed by atoms with Gasteiger partial charge in [-0.1, -0.05) is 20.8 Å². The number of amides is 3. The summed E-state index contributed by atoms with van der Waals surface area (Å²) in [5.74, 6) is -3.58. The molecule has 2 rings (SSSR count). The lowest BCUT2D eigenvalue weighted by atomic mass is 10.1. The number of amidine groups is 2. The Morgan fingerprint density at radius 1 is 0.803 bits per heavy atom. The molecule has 0 radical (unpaired) electrons. The van der Waals surface area contributed by atoms with Gasteiger partial charge in [0.1, 0.15) is 11.5 Å². The van der Waals surface area contributed by atoms with Crippen molar-refractivity contribution >= 4 is 59.5 Å². The monoisotopic (exact) mass is 1020 g/mol. The number of likely N-dealkylation sites (N-methyl/N-ethyl adjacent to an activating group) is 1. The number of rotatable bonds is 24. The van der Waals surface area contributed by atoms with Gasteiger partial charge in [-0.3, -0.25) is 53.2 Å². The van der Waals surface area contributed by atoms with Crippen LogP contribution in [-0.2, 0) is 38.3 Å². The van der Waals surface area contributed by atoms with Crippen molar-refractivity contribution < 1.29 is 68.9 Å². The average Bonchev–Trinajstić information content (AvgIpc) is 3.27. The van der Waals surface area contributed by atoms with E-state index in [-0.39, 0.29) is 68.7 Å². The quantitative estimate of drug-likeness (QED) is 0.0206. The molecule has 1 aliphatic heterocycles. The van der Waals surface area contributed by atoms with E-state index in [1.54, 1.807) is 30.9 Å². The number of hydrogen-bond acceptors (Lipinski definition) is 17. The molecule has 1 saturated heterocycles. The molecule has 1 fully saturated rings. The molecule has 26 nitrogen and oxygen atoms in total. The summed E-state index contributed by atoms with van der Waals surface area (Å²) < 4.78 is 5.60. The Bertz CT molecular complexity index is 1680. The number of carboxylic acid groups (broad SMARTS) is 4. The molecule has 13 N–H and O–H groups in total. The second-order valence-electron chi connectivity index (χ2n) is 16.2. The van der Waals surface area contributed by atoms with Gasteiger partial charge in [0.2, 0.25) is 18.2 Å². The van der Waals surface area contributed by atoms with Gasteiger partial charge < -0.3 is 67.7 Å². The third-order valence-electron chi connectivity index (χ3n) is 9.31. The summed E-state index contributed by atoms with van der Waals surface area (Å²) in [4.78, 5) is 87.3. The van der Waals surface area contributed by atoms with Gasteiger partial charge in [0.25, 0.3) is 5.97 Å². The summed E-state index contributed by atoms with van der Waals surface area (Å²) >= 11 is 0. The minimum atomic E-state index is -0.955. The fourth-order valence-electron chi connectivity index (χ4n) is 5.68. The van der Waals surface area contributed by atoms with Crippen molar-refractivity contribution in [1.82, 2.24) is 35.2 Å². The summed E-state index contributed by atoms with van der Waals surface area (Å²) in [6, 6.07) is 3.25. The summed E-state index contributed by atoms with van der Waals surface area (Å²) in [5.41, 5.74) is 11.6. The molecule has 1 aromatic heterocycles. The van der Waals surface area contributed by atoms with Crippen LogP contribution in [0.2, 0.25) is 0 Å². The zero-order chi connectivity index (χ0) is 54.8. The molecule has 1 aliphatic rings. The average molecular weight is 1020 g/mol. The smallest absolute Gasteiger partial charge is 0.317 e. The highest BCUT2D eigenvalue weighted by atomic mass is 16.5. The minimum Gasteiger partial charge on any atom is -0.481 e. The Morgan fingerprint density at radius 2 is 1.27 bits per heavy atom. The normalized spacial score (nSPS) is 14.7. The van der Waals surface area contributed by atoms with Crippen LogP contribution in [0.25, 0.3) is 0 Å². The van der Waals surface area contributed by atoms with Crippen LogP contribution in [0, 0.1) is 0 Å². The van der Waals surface area contributed by atoms with Crippen LogP contribution >= 0.6 is 0 Å². The number of carboxylic acids is 4. The van der Waals surface area contributed by atoms with Crippen molar-refractivity contribution in [3.05, 3.63) is 24.0 Å². The first-order valence-electron chi connectivity index (χ1n) is 23.4. The van der Waals surface area contributed by atoms with E-state index in [0.717, 1.165) is 13.5 Å². The predicted molar refractivity (Wildman–Crippen MR) is 269 cm³/mol. The van der Waals surface area contributed by atoms with E-state index in [4.69, 9.17) is 51.6 Å². The van der Waals surface area contributed by atoms with Gasteiger partial charge in [0.15, 0.2) is 5.84 Å². The number of nitrogens with one attached hydrogen (secondary N) is 3. The number of carbonyl (C=O) groups excluding carboxylic acids is 3. The maximum atomic E-state index is 12.0. The van der Waals surface area contributed by atoms with Gasteiger partial charge >= 0.3 is 17.9 Å². The molecular weight excluding hydrogens is 933 g/mol. The van der Waals surface area contributed by atoms with Gasteiger partial charge in [-0.25, -0.2) is 0 Å². The number of carbonyl (C=O) groups is 7. The third kappa shape index (κ3) is 45.0. The van der Waals surface area contributed by atoms with Crippen molar-refractivity contribution in [3.8, 4) is 0 Å². The zero-order valence-corrected chi connectivity index (χ0v) is 43.0. The molecular formula is C45H84N12O14. The molecule has 0 saturated carbocycles. The topological polar surface area (TPSA) is 389 Å². The number of aliphatic hydroxyl groups excluding tert-OH is 2. The number of aliphatic hydroxyl groups is 2. The van der Waals surface area contributed by atoms with Crippen molar-refractivity contribution in [3.63, 3.8) is 0 Å². The Labute approximate surface area is 417 Å². The number of nitrogens with two attached hydrogens (primary N) is 2. The molecule has 0 aliphatic carbocycles. The van der Waals surface area contributed by atoms with Crippen LogP contribution < -0.4 is 27.4 Å². The Kier molecular flexibility index (Phi) is 41.9. The van der Waals surface area contributed by atoms with Gasteiger partial charge in [0.05, 0.1) is 49.8 Å². The van der Waals surface area contributed by atoms with Crippen LogP contribution in [0.3, 0.4) is 0 Å². The first-order valence-corrected chi connectivity index (χ1v) is 23.4. The molecule has 0 bridgehead atoms. The van der Waals surface area contributed by atoms with E-state index < -0.39 is 29.5 Å². The summed E-state index contributed by atoms with van der Waals surface area (Å²) in [5, 5.41) is 67.5. The van der Waals surface area contributed by atoms with Crippen LogP contribution in [0.15, 0.2) is 28.5 Å². The number of hydrogen-bond donors (Lipinski definition) is 11. The lowest BCUT2D eigenvalue weighted by Crippen LogP contribution is -2.48. The van der Waals surface area contributed by atoms with E-state index in [0.29, 0.717) is 109 Å². The number of aliphatic carboxylic acids is 4. The van der Waals surface area contributed by atoms with Crippen molar-refractivity contribution in [2.24, 2.45) is 21.7 Å². The SMILES string of the molecule is C/C(N)=N/N=C(\N)c1ccc(NC(=O)CCCC(=O)NCCOC(C)(C)CCO)cn1.CC.CC(=O)O.CC(O)CCNC=O.CCN1CCN(CC(=O)O)CCN(CC(=O)O)CCN(CC(=O)O)CC1. The van der Waals surface area contributed by atoms with E-state index >= 15 is 0 Å². The molecule has 408 valence electrons. The van der Waals surface area contributed by atoms with Gasteiger partial charge in [-0.2, -0.15) is 0 Å². The van der Waals surface area contributed by atoms with Crippen LogP contribution in [0.1, 0.15) is 93.2 Å². The molecule has 2 heterocycles. The highest BCUT2D eigenvalue weighted by molar-refractivity contribution is 5.97. The van der Waals surface area contributed by atoms with E-state index in [9.17, 15) is 28.8 Å². The highest BCUT2D eigenvalue weighted by Gasteiger charge is 2.20. The molecule has 26 heteroatoms. The van der Waals surface area contributed by atoms with Gasteiger partial charge in [-0.15, -0.1) is 10.2 Å². The number of ether oxygens (including phenoxy) is 1. The molecule has 0 spiro atoms.